The summed E-state index contributed by atoms with van der Waals surface area (Å²) in [6.45, 7) is 6.71. The molecule has 34 heavy (non-hydrogen) atoms. The van der Waals surface area contributed by atoms with E-state index in [4.69, 9.17) is 18.9 Å². The summed E-state index contributed by atoms with van der Waals surface area (Å²) in [7, 11) is 0. The molecule has 2 aromatic rings. The van der Waals surface area contributed by atoms with E-state index in [1.807, 2.05) is 20.8 Å². The van der Waals surface area contributed by atoms with Crippen molar-refractivity contribution in [2.24, 2.45) is 0 Å². The number of amides is 2. The van der Waals surface area contributed by atoms with Gasteiger partial charge in [-0.05, 0) is 51.5 Å². The van der Waals surface area contributed by atoms with Crippen LogP contribution in [0.2, 0.25) is 0 Å². The van der Waals surface area contributed by atoms with E-state index >= 15 is 0 Å². The Kier molecular flexibility index (Phi) is 8.73. The van der Waals surface area contributed by atoms with Crippen LogP contribution in [-0.2, 0) is 14.3 Å². The van der Waals surface area contributed by atoms with Crippen LogP contribution in [0.4, 0.5) is 11.4 Å². The molecule has 0 aromatic heterocycles. The minimum atomic E-state index is -0.705. The molecule has 1 saturated heterocycles. The van der Waals surface area contributed by atoms with Gasteiger partial charge < -0.3 is 29.2 Å². The molecular weight excluding hydrogens is 440 g/mol. The normalized spacial score (nSPS) is 12.9. The van der Waals surface area contributed by atoms with Crippen LogP contribution in [0.5, 0.6) is 17.2 Å². The minimum Gasteiger partial charge on any atom is -0.490 e. The van der Waals surface area contributed by atoms with Crippen LogP contribution in [0.3, 0.4) is 0 Å². The molecule has 0 radical (unpaired) electrons. The van der Waals surface area contributed by atoms with E-state index in [2.05, 4.69) is 5.32 Å². The molecule has 0 aliphatic carbocycles. The fourth-order valence-electron chi connectivity index (χ4n) is 3.62. The zero-order chi connectivity index (χ0) is 24.5. The number of esters is 1. The Morgan fingerprint density at radius 2 is 1.62 bits per heavy atom. The lowest BCUT2D eigenvalue weighted by Crippen LogP contribution is -2.27. The number of para-hydroxylation sites is 2. The zero-order valence-corrected chi connectivity index (χ0v) is 19.7. The Bertz CT molecular complexity index is 1010. The van der Waals surface area contributed by atoms with Crippen molar-refractivity contribution in [3.05, 3.63) is 42.0 Å². The third kappa shape index (κ3) is 5.98. The number of nitrogens with one attached hydrogen (secondary N) is 1. The summed E-state index contributed by atoms with van der Waals surface area (Å²) in [5.74, 6) is -0.0873. The Morgan fingerprint density at radius 1 is 0.971 bits per heavy atom. The molecule has 2 amide bonds. The fraction of sp³-hybridized carbons (Fsp3) is 0.400. The second-order valence-electron chi connectivity index (χ2n) is 7.39. The summed E-state index contributed by atoms with van der Waals surface area (Å²) in [6, 6.07) is 10.0. The Morgan fingerprint density at radius 3 is 2.21 bits per heavy atom. The van der Waals surface area contributed by atoms with Crippen molar-refractivity contribution in [3.63, 3.8) is 0 Å². The van der Waals surface area contributed by atoms with Crippen LogP contribution in [0.25, 0.3) is 0 Å². The van der Waals surface area contributed by atoms with Crippen LogP contribution in [0.15, 0.2) is 36.4 Å². The second kappa shape index (κ2) is 11.9. The van der Waals surface area contributed by atoms with Gasteiger partial charge in [-0.1, -0.05) is 12.1 Å². The van der Waals surface area contributed by atoms with Crippen LogP contribution >= 0.6 is 0 Å². The van der Waals surface area contributed by atoms with Gasteiger partial charge >= 0.3 is 5.97 Å². The van der Waals surface area contributed by atoms with Gasteiger partial charge in [-0.2, -0.15) is 0 Å². The van der Waals surface area contributed by atoms with Gasteiger partial charge in [-0.3, -0.25) is 9.59 Å². The molecule has 0 unspecified atom stereocenters. The molecule has 1 N–H and O–H groups in total. The topological polar surface area (TPSA) is 103 Å². The Labute approximate surface area is 198 Å². The maximum atomic E-state index is 12.7. The van der Waals surface area contributed by atoms with Gasteiger partial charge in [0.2, 0.25) is 11.7 Å². The molecule has 3 rings (SSSR count). The smallest absolute Gasteiger partial charge is 0.338 e. The third-order valence-electron chi connectivity index (χ3n) is 5.02. The molecule has 1 aliphatic heterocycles. The van der Waals surface area contributed by atoms with Gasteiger partial charge in [-0.25, -0.2) is 4.79 Å². The molecule has 9 heteroatoms. The van der Waals surface area contributed by atoms with Crippen LogP contribution < -0.4 is 24.4 Å². The largest absolute Gasteiger partial charge is 0.490 e. The standard InChI is InChI=1S/C25H30N2O7/c1-4-31-20-14-17(15-21(32-5-2)24(20)33-6-3)25(30)34-16-22(28)26-18-10-7-8-11-19(18)27-13-9-12-23(27)29/h7-8,10-11,14-15H,4-6,9,12-13,16H2,1-3H3,(H,26,28). The summed E-state index contributed by atoms with van der Waals surface area (Å²) >= 11 is 0. The highest BCUT2D eigenvalue weighted by Crippen LogP contribution is 2.39. The van der Waals surface area contributed by atoms with Gasteiger partial charge in [0, 0.05) is 13.0 Å². The van der Waals surface area contributed by atoms with Crippen molar-refractivity contribution in [1.29, 1.82) is 0 Å². The monoisotopic (exact) mass is 470 g/mol. The molecule has 1 aliphatic rings. The number of rotatable bonds is 11. The molecule has 1 heterocycles. The quantitative estimate of drug-likeness (QED) is 0.498. The first-order valence-electron chi connectivity index (χ1n) is 11.4. The lowest BCUT2D eigenvalue weighted by atomic mass is 10.2. The van der Waals surface area contributed by atoms with Gasteiger partial charge in [0.25, 0.3) is 5.91 Å². The summed E-state index contributed by atoms with van der Waals surface area (Å²) in [5.41, 5.74) is 1.28. The molecule has 0 atom stereocenters. The molecule has 1 fully saturated rings. The number of benzene rings is 2. The molecule has 2 aromatic carbocycles. The minimum absolute atomic E-state index is 0.0128. The molecular formula is C25H30N2O7. The van der Waals surface area contributed by atoms with E-state index in [9.17, 15) is 14.4 Å². The number of anilines is 2. The highest BCUT2D eigenvalue weighted by molar-refractivity contribution is 6.03. The summed E-state index contributed by atoms with van der Waals surface area (Å²) in [6.07, 6.45) is 1.25. The zero-order valence-electron chi connectivity index (χ0n) is 19.7. The number of hydrogen-bond acceptors (Lipinski definition) is 7. The second-order valence-corrected chi connectivity index (χ2v) is 7.39. The average Bonchev–Trinajstić information content (AvgIpc) is 3.25. The summed E-state index contributed by atoms with van der Waals surface area (Å²) in [4.78, 5) is 39.0. The highest BCUT2D eigenvalue weighted by atomic mass is 16.5. The van der Waals surface area contributed by atoms with Crippen molar-refractivity contribution < 1.29 is 33.3 Å². The molecule has 0 saturated carbocycles. The van der Waals surface area contributed by atoms with Gasteiger partial charge in [0.1, 0.15) is 0 Å². The van der Waals surface area contributed by atoms with Crippen LogP contribution in [-0.4, -0.2) is 50.8 Å². The third-order valence-corrected chi connectivity index (χ3v) is 5.02. The SMILES string of the molecule is CCOc1cc(C(=O)OCC(=O)Nc2ccccc2N2CCCC2=O)cc(OCC)c1OCC. The Hall–Kier alpha value is -3.75. The van der Waals surface area contributed by atoms with Gasteiger partial charge in [0.05, 0.1) is 36.8 Å². The number of hydrogen-bond donors (Lipinski definition) is 1. The maximum absolute atomic E-state index is 12.7. The van der Waals surface area contributed by atoms with E-state index < -0.39 is 18.5 Å². The summed E-state index contributed by atoms with van der Waals surface area (Å²) in [5, 5.41) is 2.72. The van der Waals surface area contributed by atoms with Crippen LogP contribution in [0, 0.1) is 0 Å². The van der Waals surface area contributed by atoms with E-state index in [0.717, 1.165) is 6.42 Å². The Balaban J connectivity index is 1.70. The van der Waals surface area contributed by atoms with Crippen molar-refractivity contribution in [2.45, 2.75) is 33.6 Å². The van der Waals surface area contributed by atoms with Gasteiger partial charge in [-0.15, -0.1) is 0 Å². The lowest BCUT2D eigenvalue weighted by Gasteiger charge is -2.20. The predicted molar refractivity (Wildman–Crippen MR) is 127 cm³/mol. The van der Waals surface area contributed by atoms with Gasteiger partial charge in [0.15, 0.2) is 18.1 Å². The van der Waals surface area contributed by atoms with E-state index in [1.165, 1.54) is 12.1 Å². The van der Waals surface area contributed by atoms with Crippen molar-refractivity contribution in [3.8, 4) is 17.2 Å². The van der Waals surface area contributed by atoms with E-state index in [-0.39, 0.29) is 11.5 Å². The molecule has 0 spiro atoms. The van der Waals surface area contributed by atoms with Crippen LogP contribution in [0.1, 0.15) is 44.0 Å². The average molecular weight is 471 g/mol. The number of carbonyl (C=O) groups excluding carboxylic acids is 3. The molecule has 182 valence electrons. The first kappa shape index (κ1) is 24.9. The molecule has 9 nitrogen and oxygen atoms in total. The molecule has 0 bridgehead atoms. The number of carbonyl (C=O) groups is 3. The number of nitrogens with zero attached hydrogens (tertiary/aromatic N) is 1. The number of ether oxygens (including phenoxy) is 4. The first-order chi connectivity index (χ1) is 16.5. The fourth-order valence-corrected chi connectivity index (χ4v) is 3.62. The summed E-state index contributed by atoms with van der Waals surface area (Å²) < 4.78 is 22.1. The first-order valence-corrected chi connectivity index (χ1v) is 11.4. The van der Waals surface area contributed by atoms with E-state index in [0.29, 0.717) is 61.4 Å². The van der Waals surface area contributed by atoms with Crippen molar-refractivity contribution >= 4 is 29.2 Å². The van der Waals surface area contributed by atoms with Crippen molar-refractivity contribution in [1.82, 2.24) is 0 Å². The lowest BCUT2D eigenvalue weighted by molar-refractivity contribution is -0.119. The maximum Gasteiger partial charge on any atom is 0.338 e. The van der Waals surface area contributed by atoms with E-state index in [1.54, 1.807) is 29.2 Å². The van der Waals surface area contributed by atoms with Crippen molar-refractivity contribution in [2.75, 3.05) is 43.2 Å². The predicted octanol–water partition coefficient (Wildman–Crippen LogP) is 3.81. The highest BCUT2D eigenvalue weighted by Gasteiger charge is 2.24.